The molecule has 0 radical (unpaired) electrons. The van der Waals surface area contributed by atoms with Gasteiger partial charge in [-0.05, 0) is 32.4 Å². The lowest BCUT2D eigenvalue weighted by Crippen LogP contribution is -2.39. The number of halogens is 3. The topological polar surface area (TPSA) is 12.0 Å². The van der Waals surface area contributed by atoms with Crippen LogP contribution < -0.4 is 5.32 Å². The van der Waals surface area contributed by atoms with Crippen molar-refractivity contribution >= 4 is 11.6 Å². The summed E-state index contributed by atoms with van der Waals surface area (Å²) in [6, 6.07) is 3.88. The van der Waals surface area contributed by atoms with E-state index in [1.165, 1.54) is 18.2 Å². The molecular formula is C12H16ClF2N. The Bertz CT molecular complexity index is 333. The highest BCUT2D eigenvalue weighted by Gasteiger charge is 2.17. The summed E-state index contributed by atoms with van der Waals surface area (Å²) in [6.07, 6.45) is 0.741. The fraction of sp³-hybridized carbons (Fsp3) is 0.500. The second-order valence-electron chi connectivity index (χ2n) is 4.38. The van der Waals surface area contributed by atoms with Crippen molar-refractivity contribution in [1.29, 1.82) is 0 Å². The maximum atomic E-state index is 13.3. The first-order valence-electron chi connectivity index (χ1n) is 5.20. The van der Waals surface area contributed by atoms with Crippen molar-refractivity contribution in [2.45, 2.75) is 32.4 Å². The maximum Gasteiger partial charge on any atom is 0.130 e. The molecule has 0 unspecified atom stereocenters. The number of nitrogens with one attached hydrogen (secondary N) is 1. The molecule has 0 amide bonds. The van der Waals surface area contributed by atoms with Crippen LogP contribution in [0.15, 0.2) is 18.2 Å². The number of benzene rings is 1. The van der Waals surface area contributed by atoms with Crippen molar-refractivity contribution in [2.75, 3.05) is 5.88 Å². The molecule has 0 heterocycles. The molecule has 0 saturated carbocycles. The van der Waals surface area contributed by atoms with Crippen LogP contribution in [-0.2, 0) is 6.54 Å². The molecule has 16 heavy (non-hydrogen) atoms. The highest BCUT2D eigenvalue weighted by atomic mass is 35.5. The van der Waals surface area contributed by atoms with Crippen LogP contribution >= 0.6 is 11.6 Å². The second-order valence-corrected chi connectivity index (χ2v) is 4.75. The largest absolute Gasteiger partial charge is 0.307 e. The van der Waals surface area contributed by atoms with Crippen LogP contribution in [0, 0.1) is 11.6 Å². The summed E-state index contributed by atoms with van der Waals surface area (Å²) in [5.74, 6) is -0.525. The molecule has 0 aromatic heterocycles. The van der Waals surface area contributed by atoms with Crippen molar-refractivity contribution < 1.29 is 8.78 Å². The van der Waals surface area contributed by atoms with E-state index in [0.717, 1.165) is 6.42 Å². The van der Waals surface area contributed by atoms with Gasteiger partial charge in [-0.2, -0.15) is 0 Å². The molecule has 4 heteroatoms. The average Bonchev–Trinajstić information content (AvgIpc) is 2.16. The third-order valence-corrected chi connectivity index (χ3v) is 2.71. The van der Waals surface area contributed by atoms with Gasteiger partial charge in [-0.3, -0.25) is 0 Å². The molecule has 0 aliphatic carbocycles. The van der Waals surface area contributed by atoms with E-state index < -0.39 is 11.6 Å². The summed E-state index contributed by atoms with van der Waals surface area (Å²) in [5.41, 5.74) is -0.152. The van der Waals surface area contributed by atoms with Crippen LogP contribution in [0.25, 0.3) is 0 Å². The molecule has 1 aromatic rings. The maximum absolute atomic E-state index is 13.3. The molecule has 1 aromatic carbocycles. The number of hydrogen-bond donors (Lipinski definition) is 1. The molecule has 1 rings (SSSR count). The summed E-state index contributed by atoms with van der Waals surface area (Å²) >= 11 is 5.64. The van der Waals surface area contributed by atoms with Gasteiger partial charge in [-0.1, -0.05) is 6.07 Å². The van der Waals surface area contributed by atoms with Gasteiger partial charge in [0.25, 0.3) is 0 Å². The minimum Gasteiger partial charge on any atom is -0.307 e. The Balaban J connectivity index is 2.68. The van der Waals surface area contributed by atoms with Gasteiger partial charge >= 0.3 is 0 Å². The zero-order valence-corrected chi connectivity index (χ0v) is 10.2. The fourth-order valence-electron chi connectivity index (χ4n) is 1.35. The Kier molecular flexibility index (Phi) is 4.69. The second kappa shape index (κ2) is 5.60. The lowest BCUT2D eigenvalue weighted by atomic mass is 10.0. The third-order valence-electron chi connectivity index (χ3n) is 2.52. The average molecular weight is 248 g/mol. The Morgan fingerprint density at radius 2 is 1.81 bits per heavy atom. The van der Waals surface area contributed by atoms with Crippen molar-refractivity contribution in [3.63, 3.8) is 0 Å². The van der Waals surface area contributed by atoms with Gasteiger partial charge in [0.1, 0.15) is 11.6 Å². The van der Waals surface area contributed by atoms with Gasteiger partial charge in [0.2, 0.25) is 0 Å². The lowest BCUT2D eigenvalue weighted by Gasteiger charge is -2.25. The Labute approximate surface area is 99.8 Å². The van der Waals surface area contributed by atoms with Gasteiger partial charge in [0, 0.05) is 23.5 Å². The molecule has 0 fully saturated rings. The standard InChI is InChI=1S/C12H16ClF2N/c1-12(2,6-7-13)16-8-9-10(14)4-3-5-11(9)15/h3-5,16H,6-8H2,1-2H3. The highest BCUT2D eigenvalue weighted by Crippen LogP contribution is 2.15. The van der Waals surface area contributed by atoms with Gasteiger partial charge in [-0.25, -0.2) is 8.78 Å². The summed E-state index contributed by atoms with van der Waals surface area (Å²) in [7, 11) is 0. The Morgan fingerprint density at radius 1 is 1.25 bits per heavy atom. The predicted molar refractivity (Wildman–Crippen MR) is 62.6 cm³/mol. The molecule has 0 atom stereocenters. The minimum absolute atomic E-state index is 0.0742. The van der Waals surface area contributed by atoms with E-state index in [-0.39, 0.29) is 17.6 Å². The normalized spacial score (nSPS) is 11.8. The van der Waals surface area contributed by atoms with Crippen LogP contribution in [0.4, 0.5) is 8.78 Å². The first kappa shape index (κ1) is 13.4. The van der Waals surface area contributed by atoms with Crippen molar-refractivity contribution in [3.8, 4) is 0 Å². The lowest BCUT2D eigenvalue weighted by molar-refractivity contribution is 0.368. The van der Waals surface area contributed by atoms with Gasteiger partial charge < -0.3 is 5.32 Å². The first-order valence-corrected chi connectivity index (χ1v) is 5.73. The van der Waals surface area contributed by atoms with E-state index in [4.69, 9.17) is 11.6 Å². The van der Waals surface area contributed by atoms with E-state index in [9.17, 15) is 8.78 Å². The molecule has 0 aliphatic rings. The van der Waals surface area contributed by atoms with Crippen LogP contribution in [0.2, 0.25) is 0 Å². The summed E-state index contributed by atoms with van der Waals surface area (Å²) < 4.78 is 26.6. The van der Waals surface area contributed by atoms with Crippen LogP contribution in [0.1, 0.15) is 25.8 Å². The van der Waals surface area contributed by atoms with Crippen LogP contribution in [0.5, 0.6) is 0 Å². The van der Waals surface area contributed by atoms with Gasteiger partial charge in [0.15, 0.2) is 0 Å². The molecule has 1 N–H and O–H groups in total. The molecule has 0 bridgehead atoms. The van der Waals surface area contributed by atoms with Crippen LogP contribution in [0.3, 0.4) is 0 Å². The van der Waals surface area contributed by atoms with Gasteiger partial charge in [0.05, 0.1) is 0 Å². The summed E-state index contributed by atoms with van der Waals surface area (Å²) in [4.78, 5) is 0. The van der Waals surface area contributed by atoms with E-state index in [0.29, 0.717) is 5.88 Å². The van der Waals surface area contributed by atoms with E-state index >= 15 is 0 Å². The summed E-state index contributed by atoms with van der Waals surface area (Å²) in [6.45, 7) is 4.07. The highest BCUT2D eigenvalue weighted by molar-refractivity contribution is 6.17. The monoisotopic (exact) mass is 247 g/mol. The van der Waals surface area contributed by atoms with Crippen LogP contribution in [-0.4, -0.2) is 11.4 Å². The van der Waals surface area contributed by atoms with Gasteiger partial charge in [-0.15, -0.1) is 11.6 Å². The number of rotatable bonds is 5. The smallest absolute Gasteiger partial charge is 0.130 e. The van der Waals surface area contributed by atoms with E-state index in [1.807, 2.05) is 13.8 Å². The molecule has 0 saturated heterocycles. The van der Waals surface area contributed by atoms with Crippen molar-refractivity contribution in [1.82, 2.24) is 5.32 Å². The molecule has 0 aliphatic heterocycles. The molecule has 0 spiro atoms. The number of alkyl halides is 1. The fourth-order valence-corrected chi connectivity index (χ4v) is 1.83. The van der Waals surface area contributed by atoms with E-state index in [1.54, 1.807) is 0 Å². The van der Waals surface area contributed by atoms with Crippen molar-refractivity contribution in [3.05, 3.63) is 35.4 Å². The zero-order chi connectivity index (χ0) is 12.2. The first-order chi connectivity index (χ1) is 7.46. The summed E-state index contributed by atoms with van der Waals surface area (Å²) in [5, 5.41) is 3.09. The minimum atomic E-state index is -0.519. The zero-order valence-electron chi connectivity index (χ0n) is 9.49. The van der Waals surface area contributed by atoms with E-state index in [2.05, 4.69) is 5.32 Å². The quantitative estimate of drug-likeness (QED) is 0.786. The van der Waals surface area contributed by atoms with Crippen molar-refractivity contribution in [2.24, 2.45) is 0 Å². The number of hydrogen-bond acceptors (Lipinski definition) is 1. The molecule has 90 valence electrons. The Morgan fingerprint density at radius 3 is 2.31 bits per heavy atom. The molecular weight excluding hydrogens is 232 g/mol. The third kappa shape index (κ3) is 3.72. The SMILES string of the molecule is CC(C)(CCCl)NCc1c(F)cccc1F. The predicted octanol–water partition coefficient (Wildman–Crippen LogP) is 3.46. The molecule has 1 nitrogen and oxygen atoms in total. The Hall–Kier alpha value is -0.670.